The van der Waals surface area contributed by atoms with E-state index < -0.39 is 17.7 Å². The van der Waals surface area contributed by atoms with Crippen LogP contribution in [-0.2, 0) is 14.3 Å². The second-order valence-electron chi connectivity index (χ2n) is 4.90. The van der Waals surface area contributed by atoms with Crippen molar-refractivity contribution in [1.82, 2.24) is 10.6 Å². The summed E-state index contributed by atoms with van der Waals surface area (Å²) in [5.74, 6) is -0.736. The Bertz CT molecular complexity index is 391. The van der Waals surface area contributed by atoms with E-state index in [4.69, 9.17) is 9.84 Å². The predicted octanol–water partition coefficient (Wildman–Crippen LogP) is -0.493. The van der Waals surface area contributed by atoms with E-state index in [1.54, 1.807) is 6.92 Å². The van der Waals surface area contributed by atoms with Gasteiger partial charge in [-0.2, -0.15) is 0 Å². The van der Waals surface area contributed by atoms with E-state index in [-0.39, 0.29) is 24.0 Å². The molecule has 18 heavy (non-hydrogen) atoms. The van der Waals surface area contributed by atoms with Gasteiger partial charge in [0.2, 0.25) is 5.91 Å². The van der Waals surface area contributed by atoms with Crippen molar-refractivity contribution in [3.63, 3.8) is 0 Å². The fraction of sp³-hybridized carbons (Fsp3) is 0.727. The molecular formula is C11H16N2O5. The summed E-state index contributed by atoms with van der Waals surface area (Å²) >= 11 is 0. The van der Waals surface area contributed by atoms with Crippen molar-refractivity contribution in [3.8, 4) is 0 Å². The Labute approximate surface area is 104 Å². The van der Waals surface area contributed by atoms with E-state index in [9.17, 15) is 14.4 Å². The largest absolute Gasteiger partial charge is 0.465 e. The van der Waals surface area contributed by atoms with Crippen LogP contribution in [0.15, 0.2) is 0 Å². The van der Waals surface area contributed by atoms with Gasteiger partial charge in [0.05, 0.1) is 12.6 Å². The van der Waals surface area contributed by atoms with Crippen LogP contribution in [0.1, 0.15) is 19.8 Å². The third-order valence-corrected chi connectivity index (χ3v) is 3.40. The highest BCUT2D eigenvalue weighted by Crippen LogP contribution is 2.30. The van der Waals surface area contributed by atoms with Gasteiger partial charge in [0.15, 0.2) is 5.78 Å². The second kappa shape index (κ2) is 4.56. The number of nitrogens with one attached hydrogen (secondary N) is 2. The van der Waals surface area contributed by atoms with Gasteiger partial charge in [-0.15, -0.1) is 0 Å². The fourth-order valence-electron chi connectivity index (χ4n) is 2.15. The monoisotopic (exact) mass is 256 g/mol. The van der Waals surface area contributed by atoms with Crippen LogP contribution in [-0.4, -0.2) is 47.7 Å². The lowest BCUT2D eigenvalue weighted by Gasteiger charge is -2.19. The molecule has 2 heterocycles. The van der Waals surface area contributed by atoms with Crippen molar-refractivity contribution < 1.29 is 24.2 Å². The molecule has 7 heteroatoms. The predicted molar refractivity (Wildman–Crippen MR) is 60.0 cm³/mol. The van der Waals surface area contributed by atoms with Crippen LogP contribution < -0.4 is 10.6 Å². The lowest BCUT2D eigenvalue weighted by molar-refractivity contribution is -0.127. The molecule has 0 spiro atoms. The van der Waals surface area contributed by atoms with Crippen molar-refractivity contribution in [2.75, 3.05) is 13.2 Å². The average molecular weight is 256 g/mol. The highest BCUT2D eigenvalue weighted by molar-refractivity contribution is 5.96. The zero-order valence-electron chi connectivity index (χ0n) is 10.1. The molecule has 0 aromatic heterocycles. The Hall–Kier alpha value is -1.63. The van der Waals surface area contributed by atoms with E-state index in [0.29, 0.717) is 19.6 Å². The van der Waals surface area contributed by atoms with Crippen LogP contribution in [0.2, 0.25) is 0 Å². The molecule has 3 atom stereocenters. The van der Waals surface area contributed by atoms with Gasteiger partial charge in [0, 0.05) is 12.5 Å². The Balaban J connectivity index is 2.02. The summed E-state index contributed by atoms with van der Waals surface area (Å²) in [4.78, 5) is 34.2. The zero-order valence-corrected chi connectivity index (χ0v) is 10.1. The van der Waals surface area contributed by atoms with Crippen LogP contribution in [0.3, 0.4) is 0 Å². The lowest BCUT2D eigenvalue weighted by Crippen LogP contribution is -2.47. The number of ether oxygens (including phenoxy) is 1. The molecule has 2 aliphatic rings. The Morgan fingerprint density at radius 3 is 2.78 bits per heavy atom. The third kappa shape index (κ3) is 2.61. The van der Waals surface area contributed by atoms with E-state index in [2.05, 4.69) is 10.6 Å². The number of hydrogen-bond acceptors (Lipinski definition) is 4. The number of carbonyl (C=O) groups excluding carboxylic acids is 2. The number of amides is 2. The Kier molecular flexibility index (Phi) is 3.25. The normalized spacial score (nSPS) is 31.6. The third-order valence-electron chi connectivity index (χ3n) is 3.40. The Morgan fingerprint density at radius 1 is 1.67 bits per heavy atom. The maximum absolute atomic E-state index is 12.1. The first-order chi connectivity index (χ1) is 8.42. The number of Topliss-reactive ketones (excluding diaryl/α,β-unsaturated/α-hetero) is 1. The number of ketones is 1. The minimum atomic E-state index is -1.27. The molecule has 2 saturated heterocycles. The molecule has 2 amide bonds. The molecule has 0 aromatic rings. The van der Waals surface area contributed by atoms with Gasteiger partial charge in [0.1, 0.15) is 5.60 Å². The van der Waals surface area contributed by atoms with Crippen molar-refractivity contribution in [2.24, 2.45) is 5.92 Å². The van der Waals surface area contributed by atoms with Gasteiger partial charge in [-0.1, -0.05) is 0 Å². The first-order valence-electron chi connectivity index (χ1n) is 5.88. The second-order valence-corrected chi connectivity index (χ2v) is 4.90. The van der Waals surface area contributed by atoms with Gasteiger partial charge < -0.3 is 20.5 Å². The van der Waals surface area contributed by atoms with E-state index in [1.807, 2.05) is 0 Å². The quantitative estimate of drug-likeness (QED) is 0.575. The molecule has 0 saturated carbocycles. The van der Waals surface area contributed by atoms with Gasteiger partial charge >= 0.3 is 6.09 Å². The van der Waals surface area contributed by atoms with E-state index in [0.717, 1.165) is 0 Å². The molecule has 3 N–H and O–H groups in total. The fourth-order valence-corrected chi connectivity index (χ4v) is 2.15. The number of rotatable bonds is 5. The average Bonchev–Trinajstić information content (AvgIpc) is 2.92. The SMILES string of the molecule is CC1(C(=O)C(CC2CCNC2=O)NC(=O)O)CO1. The maximum Gasteiger partial charge on any atom is 0.405 e. The molecule has 2 rings (SSSR count). The highest BCUT2D eigenvalue weighted by atomic mass is 16.6. The summed E-state index contributed by atoms with van der Waals surface area (Å²) in [6, 6.07) is -0.885. The minimum Gasteiger partial charge on any atom is -0.465 e. The number of carboxylic acid groups (broad SMARTS) is 1. The Morgan fingerprint density at radius 2 is 2.33 bits per heavy atom. The summed E-state index contributed by atoms with van der Waals surface area (Å²) in [5, 5.41) is 13.6. The minimum absolute atomic E-state index is 0.123. The molecular weight excluding hydrogens is 240 g/mol. The summed E-state index contributed by atoms with van der Waals surface area (Å²) in [7, 11) is 0. The van der Waals surface area contributed by atoms with Crippen molar-refractivity contribution >= 4 is 17.8 Å². The molecule has 2 aliphatic heterocycles. The van der Waals surface area contributed by atoms with Crippen molar-refractivity contribution in [1.29, 1.82) is 0 Å². The number of hydrogen-bond donors (Lipinski definition) is 3. The molecule has 3 unspecified atom stereocenters. The summed E-state index contributed by atoms with van der Waals surface area (Å²) in [6.07, 6.45) is -0.451. The molecule has 0 bridgehead atoms. The molecule has 0 aromatic carbocycles. The van der Waals surface area contributed by atoms with Gasteiger partial charge in [-0.05, 0) is 19.8 Å². The van der Waals surface area contributed by atoms with Gasteiger partial charge in [-0.25, -0.2) is 4.79 Å². The number of carbonyl (C=O) groups is 3. The summed E-state index contributed by atoms with van der Waals surface area (Å²) < 4.78 is 5.03. The summed E-state index contributed by atoms with van der Waals surface area (Å²) in [5.41, 5.74) is -0.887. The first kappa shape index (κ1) is 12.8. The molecule has 0 radical (unpaired) electrons. The van der Waals surface area contributed by atoms with E-state index in [1.165, 1.54) is 0 Å². The standard InChI is InChI=1S/C11H16N2O5/c1-11(5-18-11)8(14)7(13-10(16)17)4-6-2-3-12-9(6)15/h6-7,13H,2-5H2,1H3,(H,12,15)(H,16,17). The summed E-state index contributed by atoms with van der Waals surface area (Å²) in [6.45, 7) is 2.51. The maximum atomic E-state index is 12.1. The lowest BCUT2D eigenvalue weighted by atomic mass is 9.91. The van der Waals surface area contributed by atoms with Crippen molar-refractivity contribution in [2.45, 2.75) is 31.4 Å². The van der Waals surface area contributed by atoms with Gasteiger partial charge in [-0.3, -0.25) is 9.59 Å². The molecule has 0 aliphatic carbocycles. The van der Waals surface area contributed by atoms with Crippen LogP contribution in [0.25, 0.3) is 0 Å². The zero-order chi connectivity index (χ0) is 13.3. The molecule has 100 valence electrons. The van der Waals surface area contributed by atoms with Crippen LogP contribution in [0, 0.1) is 5.92 Å². The molecule has 2 fully saturated rings. The highest BCUT2D eigenvalue weighted by Gasteiger charge is 2.50. The van der Waals surface area contributed by atoms with Gasteiger partial charge in [0.25, 0.3) is 0 Å². The number of epoxide rings is 1. The van der Waals surface area contributed by atoms with Crippen LogP contribution in [0.4, 0.5) is 4.79 Å². The van der Waals surface area contributed by atoms with Crippen LogP contribution in [0.5, 0.6) is 0 Å². The van der Waals surface area contributed by atoms with Crippen molar-refractivity contribution in [3.05, 3.63) is 0 Å². The first-order valence-corrected chi connectivity index (χ1v) is 5.88. The topological polar surface area (TPSA) is 108 Å². The molecule has 7 nitrogen and oxygen atoms in total. The smallest absolute Gasteiger partial charge is 0.405 e. The van der Waals surface area contributed by atoms with Crippen LogP contribution >= 0.6 is 0 Å². The van der Waals surface area contributed by atoms with E-state index >= 15 is 0 Å².